The first-order valence-corrected chi connectivity index (χ1v) is 8.34. The van der Waals surface area contributed by atoms with Gasteiger partial charge < -0.3 is 4.74 Å². The SMILES string of the molecule is CC(C)COCCNS(=O)(=O)c1ccc(Br)s1. The molecule has 1 N–H and O–H groups in total. The Morgan fingerprint density at radius 2 is 2.18 bits per heavy atom. The number of thiophene rings is 1. The number of sulfonamides is 1. The third kappa shape index (κ3) is 5.48. The predicted octanol–water partition coefficient (Wildman–Crippen LogP) is 2.46. The first-order valence-electron chi connectivity index (χ1n) is 5.24. The van der Waals surface area contributed by atoms with Crippen LogP contribution in [-0.4, -0.2) is 28.2 Å². The van der Waals surface area contributed by atoms with Crippen molar-refractivity contribution in [3.8, 4) is 0 Å². The molecule has 0 aromatic carbocycles. The topological polar surface area (TPSA) is 55.4 Å². The third-order valence-corrected chi connectivity index (χ3v) is 5.38. The van der Waals surface area contributed by atoms with E-state index < -0.39 is 10.0 Å². The average Bonchev–Trinajstić information content (AvgIpc) is 2.64. The van der Waals surface area contributed by atoms with Crippen LogP contribution in [-0.2, 0) is 14.8 Å². The van der Waals surface area contributed by atoms with Crippen molar-refractivity contribution in [2.75, 3.05) is 19.8 Å². The second-order valence-electron chi connectivity index (χ2n) is 3.93. The molecule has 0 saturated heterocycles. The summed E-state index contributed by atoms with van der Waals surface area (Å²) in [5, 5.41) is 0. The van der Waals surface area contributed by atoms with E-state index in [0.29, 0.717) is 29.9 Å². The minimum Gasteiger partial charge on any atom is -0.380 e. The van der Waals surface area contributed by atoms with Crippen LogP contribution in [0, 0.1) is 5.92 Å². The average molecular weight is 342 g/mol. The molecule has 1 rings (SSSR count). The zero-order valence-electron chi connectivity index (χ0n) is 9.77. The molecule has 0 aliphatic carbocycles. The number of hydrogen-bond donors (Lipinski definition) is 1. The quantitative estimate of drug-likeness (QED) is 0.775. The number of hydrogen-bond acceptors (Lipinski definition) is 4. The monoisotopic (exact) mass is 341 g/mol. The van der Waals surface area contributed by atoms with E-state index in [2.05, 4.69) is 20.7 Å². The lowest BCUT2D eigenvalue weighted by molar-refractivity contribution is 0.114. The van der Waals surface area contributed by atoms with Gasteiger partial charge in [0, 0.05) is 13.2 Å². The van der Waals surface area contributed by atoms with Crippen LogP contribution < -0.4 is 4.72 Å². The molecule has 0 bridgehead atoms. The van der Waals surface area contributed by atoms with E-state index in [1.54, 1.807) is 12.1 Å². The maximum Gasteiger partial charge on any atom is 0.250 e. The van der Waals surface area contributed by atoms with Gasteiger partial charge in [-0.15, -0.1) is 11.3 Å². The van der Waals surface area contributed by atoms with Crippen LogP contribution in [0.1, 0.15) is 13.8 Å². The molecule has 0 unspecified atom stereocenters. The number of rotatable bonds is 7. The summed E-state index contributed by atoms with van der Waals surface area (Å²) in [6.07, 6.45) is 0. The Morgan fingerprint density at radius 3 is 2.71 bits per heavy atom. The van der Waals surface area contributed by atoms with Gasteiger partial charge in [-0.1, -0.05) is 13.8 Å². The molecule has 0 spiro atoms. The van der Waals surface area contributed by atoms with Crippen molar-refractivity contribution in [2.45, 2.75) is 18.1 Å². The van der Waals surface area contributed by atoms with Gasteiger partial charge in [0.15, 0.2) is 0 Å². The third-order valence-electron chi connectivity index (χ3n) is 1.80. The fraction of sp³-hybridized carbons (Fsp3) is 0.600. The lowest BCUT2D eigenvalue weighted by Crippen LogP contribution is -2.27. The fourth-order valence-electron chi connectivity index (χ4n) is 1.08. The summed E-state index contributed by atoms with van der Waals surface area (Å²) < 4.78 is 32.4. The molecule has 0 amide bonds. The van der Waals surface area contributed by atoms with Gasteiger partial charge in [0.05, 0.1) is 10.4 Å². The molecule has 98 valence electrons. The van der Waals surface area contributed by atoms with Gasteiger partial charge in [-0.2, -0.15) is 0 Å². The minimum absolute atomic E-state index is 0.296. The van der Waals surface area contributed by atoms with E-state index in [-0.39, 0.29) is 0 Å². The Kier molecular flexibility index (Phi) is 6.08. The van der Waals surface area contributed by atoms with Gasteiger partial charge in [-0.25, -0.2) is 13.1 Å². The first-order chi connectivity index (χ1) is 7.92. The summed E-state index contributed by atoms with van der Waals surface area (Å²) in [6.45, 7) is 5.43. The zero-order chi connectivity index (χ0) is 12.9. The van der Waals surface area contributed by atoms with E-state index >= 15 is 0 Å². The molecule has 17 heavy (non-hydrogen) atoms. The summed E-state index contributed by atoms with van der Waals surface area (Å²) in [4.78, 5) is 0. The summed E-state index contributed by atoms with van der Waals surface area (Å²) >= 11 is 4.42. The van der Waals surface area contributed by atoms with Gasteiger partial charge in [0.25, 0.3) is 0 Å². The molecule has 0 atom stereocenters. The normalized spacial score (nSPS) is 12.2. The van der Waals surface area contributed by atoms with Crippen LogP contribution in [0.25, 0.3) is 0 Å². The smallest absolute Gasteiger partial charge is 0.250 e. The van der Waals surface area contributed by atoms with Crippen LogP contribution in [0.4, 0.5) is 0 Å². The van der Waals surface area contributed by atoms with Crippen molar-refractivity contribution in [3.05, 3.63) is 15.9 Å². The first kappa shape index (κ1) is 15.1. The molecule has 0 fully saturated rings. The van der Waals surface area contributed by atoms with Crippen molar-refractivity contribution < 1.29 is 13.2 Å². The summed E-state index contributed by atoms with van der Waals surface area (Å²) in [5.74, 6) is 0.458. The second kappa shape index (κ2) is 6.84. The maximum atomic E-state index is 11.8. The molecule has 0 aliphatic rings. The molecule has 0 aliphatic heterocycles. The molecular formula is C10H16BrNO3S2. The van der Waals surface area contributed by atoms with Crippen molar-refractivity contribution in [1.29, 1.82) is 0 Å². The lowest BCUT2D eigenvalue weighted by Gasteiger charge is -2.07. The molecule has 1 heterocycles. The van der Waals surface area contributed by atoms with E-state index in [4.69, 9.17) is 4.74 Å². The fourth-order valence-corrected chi connectivity index (χ4v) is 4.15. The second-order valence-corrected chi connectivity index (χ2v) is 8.38. The molecule has 0 radical (unpaired) electrons. The minimum atomic E-state index is -3.38. The van der Waals surface area contributed by atoms with Gasteiger partial charge in [-0.3, -0.25) is 0 Å². The highest BCUT2D eigenvalue weighted by Gasteiger charge is 2.15. The van der Waals surface area contributed by atoms with Crippen LogP contribution in [0.5, 0.6) is 0 Å². The highest BCUT2D eigenvalue weighted by molar-refractivity contribution is 9.11. The van der Waals surface area contributed by atoms with Crippen molar-refractivity contribution in [2.24, 2.45) is 5.92 Å². The van der Waals surface area contributed by atoms with E-state index in [1.165, 1.54) is 11.3 Å². The van der Waals surface area contributed by atoms with Crippen LogP contribution in [0.3, 0.4) is 0 Å². The summed E-state index contributed by atoms with van der Waals surface area (Å²) in [5.41, 5.74) is 0. The predicted molar refractivity (Wildman–Crippen MR) is 72.9 cm³/mol. The number of halogens is 1. The van der Waals surface area contributed by atoms with E-state index in [0.717, 1.165) is 3.79 Å². The molecular weight excluding hydrogens is 326 g/mol. The van der Waals surface area contributed by atoms with Crippen LogP contribution in [0.2, 0.25) is 0 Å². The van der Waals surface area contributed by atoms with Crippen LogP contribution >= 0.6 is 27.3 Å². The van der Waals surface area contributed by atoms with Gasteiger partial charge in [-0.05, 0) is 34.0 Å². The number of nitrogens with one attached hydrogen (secondary N) is 1. The Hall–Kier alpha value is 0.0500. The van der Waals surface area contributed by atoms with Crippen molar-refractivity contribution in [1.82, 2.24) is 4.72 Å². The molecule has 4 nitrogen and oxygen atoms in total. The van der Waals surface area contributed by atoms with Crippen molar-refractivity contribution in [3.63, 3.8) is 0 Å². The van der Waals surface area contributed by atoms with Crippen LogP contribution in [0.15, 0.2) is 20.1 Å². The summed E-state index contributed by atoms with van der Waals surface area (Å²) in [7, 11) is -3.38. The number of ether oxygens (including phenoxy) is 1. The van der Waals surface area contributed by atoms with Gasteiger partial charge in [0.1, 0.15) is 4.21 Å². The van der Waals surface area contributed by atoms with Gasteiger partial charge >= 0.3 is 0 Å². The van der Waals surface area contributed by atoms with Gasteiger partial charge in [0.2, 0.25) is 10.0 Å². The zero-order valence-corrected chi connectivity index (χ0v) is 13.0. The Bertz CT molecular complexity index is 442. The Labute approximate surface area is 115 Å². The largest absolute Gasteiger partial charge is 0.380 e. The highest BCUT2D eigenvalue weighted by atomic mass is 79.9. The van der Waals surface area contributed by atoms with E-state index in [1.807, 2.05) is 13.8 Å². The highest BCUT2D eigenvalue weighted by Crippen LogP contribution is 2.25. The standard InChI is InChI=1S/C10H16BrNO3S2/c1-8(2)7-15-6-5-12-17(13,14)10-4-3-9(11)16-10/h3-4,8,12H,5-7H2,1-2H3. The van der Waals surface area contributed by atoms with E-state index in [9.17, 15) is 8.42 Å². The molecule has 7 heteroatoms. The lowest BCUT2D eigenvalue weighted by atomic mass is 10.2. The Morgan fingerprint density at radius 1 is 1.47 bits per heavy atom. The maximum absolute atomic E-state index is 11.8. The van der Waals surface area contributed by atoms with Crippen molar-refractivity contribution >= 4 is 37.3 Å². The molecule has 0 saturated carbocycles. The molecule has 1 aromatic rings. The Balaban J connectivity index is 2.36. The summed E-state index contributed by atoms with van der Waals surface area (Å²) in [6, 6.07) is 3.29. The molecule has 1 aromatic heterocycles.